The maximum Gasteiger partial charge on any atom is 0.264 e. The third-order valence-electron chi connectivity index (χ3n) is 5.73. The third kappa shape index (κ3) is 3.66. The van der Waals surface area contributed by atoms with Gasteiger partial charge in [0.1, 0.15) is 11.4 Å². The molecule has 3 heterocycles. The number of aromatic nitrogens is 3. The van der Waals surface area contributed by atoms with Crippen LogP contribution in [0.4, 0.5) is 5.82 Å². The van der Waals surface area contributed by atoms with Crippen LogP contribution < -0.4 is 16.6 Å². The van der Waals surface area contributed by atoms with Gasteiger partial charge in [-0.1, -0.05) is 41.9 Å². The molecule has 7 nitrogen and oxygen atoms in total. The fourth-order valence-electron chi connectivity index (χ4n) is 4.12. The number of nitrogens with one attached hydrogen (secondary N) is 1. The minimum Gasteiger partial charge on any atom is -0.383 e. The molecule has 0 bridgehead atoms. The molecule has 0 saturated heterocycles. The van der Waals surface area contributed by atoms with E-state index >= 15 is 0 Å². The van der Waals surface area contributed by atoms with E-state index in [1.54, 1.807) is 35.2 Å². The monoisotopic (exact) mass is 469 g/mol. The van der Waals surface area contributed by atoms with Crippen molar-refractivity contribution in [1.82, 2.24) is 19.9 Å². The lowest BCUT2D eigenvalue weighted by molar-refractivity contribution is 0.0941. The normalized spacial score (nSPS) is 12.1. The Bertz CT molecular complexity index is 1620. The highest BCUT2D eigenvalue weighted by molar-refractivity contribution is 6.35. The summed E-state index contributed by atoms with van der Waals surface area (Å²) in [7, 11) is 0. The number of hydrogen-bond acceptors (Lipinski definition) is 5. The molecule has 0 aliphatic heterocycles. The fraction of sp³-hybridized carbons (Fsp3) is 0.0769. The number of para-hydroxylation sites is 1. The van der Waals surface area contributed by atoms with Crippen molar-refractivity contribution < 1.29 is 4.79 Å². The van der Waals surface area contributed by atoms with E-state index in [1.807, 2.05) is 55.5 Å². The molecule has 3 aromatic heterocycles. The SMILES string of the molecule is CC(NC(=O)c1c(N)ncc2cccnc12)c1cc2cccc(Cl)c2c(=O)n1-c1ccccc1. The first-order chi connectivity index (χ1) is 16.5. The van der Waals surface area contributed by atoms with E-state index in [1.165, 1.54) is 0 Å². The van der Waals surface area contributed by atoms with Crippen molar-refractivity contribution in [2.45, 2.75) is 13.0 Å². The summed E-state index contributed by atoms with van der Waals surface area (Å²) in [5.41, 5.74) is 7.71. The van der Waals surface area contributed by atoms with E-state index in [0.717, 1.165) is 0 Å². The van der Waals surface area contributed by atoms with Crippen molar-refractivity contribution in [1.29, 1.82) is 0 Å². The number of carbonyl (C=O) groups excluding carboxylic acids is 1. The van der Waals surface area contributed by atoms with Crippen LogP contribution in [0.3, 0.4) is 0 Å². The molecule has 0 radical (unpaired) electrons. The first-order valence-electron chi connectivity index (χ1n) is 10.7. The summed E-state index contributed by atoms with van der Waals surface area (Å²) >= 11 is 6.38. The summed E-state index contributed by atoms with van der Waals surface area (Å²) in [5.74, 6) is -0.346. The van der Waals surface area contributed by atoms with Gasteiger partial charge >= 0.3 is 0 Å². The second-order valence-electron chi connectivity index (χ2n) is 7.90. The van der Waals surface area contributed by atoms with Crippen molar-refractivity contribution in [3.8, 4) is 5.69 Å². The molecule has 0 saturated carbocycles. The number of nitrogens with two attached hydrogens (primary N) is 1. The number of benzene rings is 2. The molecular weight excluding hydrogens is 450 g/mol. The van der Waals surface area contributed by atoms with Gasteiger partial charge in [0.05, 0.1) is 22.0 Å². The van der Waals surface area contributed by atoms with E-state index in [9.17, 15) is 9.59 Å². The van der Waals surface area contributed by atoms with E-state index in [4.69, 9.17) is 17.3 Å². The zero-order valence-electron chi connectivity index (χ0n) is 18.2. The van der Waals surface area contributed by atoms with Crippen LogP contribution in [-0.4, -0.2) is 20.4 Å². The van der Waals surface area contributed by atoms with E-state index < -0.39 is 11.9 Å². The van der Waals surface area contributed by atoms with Gasteiger partial charge < -0.3 is 11.1 Å². The molecule has 0 fully saturated rings. The Balaban J connectivity index is 1.65. The average molecular weight is 470 g/mol. The van der Waals surface area contributed by atoms with Crippen LogP contribution in [0.1, 0.15) is 29.0 Å². The van der Waals surface area contributed by atoms with Crippen LogP contribution in [0.2, 0.25) is 5.02 Å². The molecule has 0 aliphatic rings. The fourth-order valence-corrected chi connectivity index (χ4v) is 4.39. The molecule has 5 rings (SSSR count). The van der Waals surface area contributed by atoms with Crippen LogP contribution in [0.25, 0.3) is 27.4 Å². The number of carbonyl (C=O) groups is 1. The number of nitrogens with zero attached hydrogens (tertiary/aromatic N) is 3. The Morgan fingerprint density at radius 1 is 1.03 bits per heavy atom. The Morgan fingerprint density at radius 2 is 1.79 bits per heavy atom. The zero-order chi connectivity index (χ0) is 23.8. The summed E-state index contributed by atoms with van der Waals surface area (Å²) in [5, 5.41) is 5.15. The van der Waals surface area contributed by atoms with Crippen LogP contribution in [-0.2, 0) is 0 Å². The number of nitrogen functional groups attached to an aromatic ring is 1. The molecule has 2 aromatic carbocycles. The highest BCUT2D eigenvalue weighted by Gasteiger charge is 2.22. The summed E-state index contributed by atoms with van der Waals surface area (Å²) in [6.45, 7) is 1.81. The Morgan fingerprint density at radius 3 is 2.59 bits per heavy atom. The number of anilines is 1. The summed E-state index contributed by atoms with van der Waals surface area (Å²) < 4.78 is 1.57. The lowest BCUT2D eigenvalue weighted by atomic mass is 10.1. The smallest absolute Gasteiger partial charge is 0.264 e. The van der Waals surface area contributed by atoms with Crippen molar-refractivity contribution in [2.24, 2.45) is 0 Å². The quantitative estimate of drug-likeness (QED) is 0.398. The lowest BCUT2D eigenvalue weighted by Gasteiger charge is -2.21. The second-order valence-corrected chi connectivity index (χ2v) is 8.31. The van der Waals surface area contributed by atoms with Crippen LogP contribution >= 0.6 is 11.6 Å². The number of fused-ring (bicyclic) bond motifs is 2. The topological polar surface area (TPSA) is 103 Å². The maximum absolute atomic E-state index is 13.6. The summed E-state index contributed by atoms with van der Waals surface area (Å²) in [4.78, 5) is 35.4. The van der Waals surface area contributed by atoms with Gasteiger partial charge in [-0.2, -0.15) is 0 Å². The third-order valence-corrected chi connectivity index (χ3v) is 6.05. The number of rotatable bonds is 4. The standard InChI is InChI=1S/C26H20ClN5O2/c1-15(31-25(33)22-23-17(8-6-12-29-23)14-30-24(22)28)20-13-16-7-5-11-19(27)21(16)26(34)32(20)18-9-3-2-4-10-18/h2-15H,1H3,(H2,28,30)(H,31,33). The average Bonchev–Trinajstić information content (AvgIpc) is 2.84. The Kier molecular flexibility index (Phi) is 5.47. The highest BCUT2D eigenvalue weighted by atomic mass is 35.5. The first-order valence-corrected chi connectivity index (χ1v) is 11.0. The van der Waals surface area contributed by atoms with Gasteiger partial charge in [0.25, 0.3) is 11.5 Å². The highest BCUT2D eigenvalue weighted by Crippen LogP contribution is 2.26. The van der Waals surface area contributed by atoms with Crippen molar-refractivity contribution >= 4 is 45.0 Å². The Labute approximate surface area is 199 Å². The molecule has 1 unspecified atom stereocenters. The number of pyridine rings is 3. The van der Waals surface area contributed by atoms with Gasteiger partial charge in [0, 0.05) is 29.2 Å². The first kappa shape index (κ1) is 21.6. The Hall–Kier alpha value is -4.23. The van der Waals surface area contributed by atoms with Gasteiger partial charge in [0.2, 0.25) is 0 Å². The van der Waals surface area contributed by atoms with Gasteiger partial charge in [-0.05, 0) is 48.7 Å². The zero-order valence-corrected chi connectivity index (χ0v) is 19.0. The van der Waals surface area contributed by atoms with Crippen LogP contribution in [0.5, 0.6) is 0 Å². The molecule has 0 spiro atoms. The molecule has 168 valence electrons. The van der Waals surface area contributed by atoms with Crippen LogP contribution in [0.15, 0.2) is 83.9 Å². The molecule has 34 heavy (non-hydrogen) atoms. The molecule has 3 N–H and O–H groups in total. The van der Waals surface area contributed by atoms with E-state index in [0.29, 0.717) is 38.1 Å². The van der Waals surface area contributed by atoms with E-state index in [-0.39, 0.29) is 16.9 Å². The predicted octanol–water partition coefficient (Wildman–Crippen LogP) is 4.66. The number of halogens is 1. The maximum atomic E-state index is 13.6. The van der Waals surface area contributed by atoms with E-state index in [2.05, 4.69) is 15.3 Å². The molecular formula is C26H20ClN5O2. The van der Waals surface area contributed by atoms with Crippen molar-refractivity contribution in [3.63, 3.8) is 0 Å². The molecule has 5 aromatic rings. The van der Waals surface area contributed by atoms with Crippen molar-refractivity contribution in [2.75, 3.05) is 5.73 Å². The largest absolute Gasteiger partial charge is 0.383 e. The molecule has 0 aliphatic carbocycles. The number of amides is 1. The van der Waals surface area contributed by atoms with Gasteiger partial charge in [-0.3, -0.25) is 19.1 Å². The van der Waals surface area contributed by atoms with Crippen LogP contribution in [0, 0.1) is 0 Å². The predicted molar refractivity (Wildman–Crippen MR) is 134 cm³/mol. The molecule has 1 atom stereocenters. The van der Waals surface area contributed by atoms with Gasteiger partial charge in [-0.25, -0.2) is 4.98 Å². The van der Waals surface area contributed by atoms with Crippen molar-refractivity contribution in [3.05, 3.63) is 106 Å². The lowest BCUT2D eigenvalue weighted by Crippen LogP contribution is -2.32. The molecule has 1 amide bonds. The van der Waals surface area contributed by atoms with Gasteiger partial charge in [-0.15, -0.1) is 0 Å². The van der Waals surface area contributed by atoms with Gasteiger partial charge in [0.15, 0.2) is 0 Å². The summed E-state index contributed by atoms with van der Waals surface area (Å²) in [6.07, 6.45) is 3.18. The summed E-state index contributed by atoms with van der Waals surface area (Å²) in [6, 6.07) is 19.4. The molecule has 8 heteroatoms. The minimum atomic E-state index is -0.554. The number of hydrogen-bond donors (Lipinski definition) is 2. The second kappa shape index (κ2) is 8.61. The minimum absolute atomic E-state index is 0.0849.